The van der Waals surface area contributed by atoms with Crippen molar-refractivity contribution in [1.82, 2.24) is 24.8 Å². The molecule has 0 fully saturated rings. The molecular formula is C12H13N5O6. The number of rotatable bonds is 5. The maximum atomic E-state index is 11.9. The zero-order valence-corrected chi connectivity index (χ0v) is 12.0. The standard InChI is InChI=1S/C12H13N5O6/c1-17-9-8(11(22)16-12(17)23)14-5(10(21)15-9)2-3-6(18)13-4-7(19)20/h2-4H2,1H3,(H,13,18)(H,15,21)(H,19,20)(H,16,22,23). The van der Waals surface area contributed by atoms with Crippen LogP contribution in [0, 0.1) is 0 Å². The molecule has 2 aromatic heterocycles. The van der Waals surface area contributed by atoms with Crippen molar-refractivity contribution in [3.63, 3.8) is 0 Å². The molecular weight excluding hydrogens is 310 g/mol. The third-order valence-electron chi connectivity index (χ3n) is 3.07. The summed E-state index contributed by atoms with van der Waals surface area (Å²) in [4.78, 5) is 65.2. The van der Waals surface area contributed by atoms with E-state index in [1.807, 2.05) is 4.98 Å². The highest BCUT2D eigenvalue weighted by Crippen LogP contribution is 2.00. The number of nitrogens with one attached hydrogen (secondary N) is 3. The number of fused-ring (bicyclic) bond motifs is 1. The van der Waals surface area contributed by atoms with Crippen LogP contribution in [-0.2, 0) is 23.1 Å². The van der Waals surface area contributed by atoms with E-state index in [0.29, 0.717) is 0 Å². The van der Waals surface area contributed by atoms with Gasteiger partial charge in [-0.25, -0.2) is 9.78 Å². The number of carboxylic acid groups (broad SMARTS) is 1. The lowest BCUT2D eigenvalue weighted by molar-refractivity contribution is -0.137. The Kier molecular flexibility index (Phi) is 4.39. The Bertz CT molecular complexity index is 953. The van der Waals surface area contributed by atoms with Gasteiger partial charge in [0, 0.05) is 19.9 Å². The quantitative estimate of drug-likeness (QED) is 0.469. The van der Waals surface area contributed by atoms with Crippen LogP contribution in [0.5, 0.6) is 0 Å². The molecule has 0 atom stereocenters. The molecule has 0 saturated heterocycles. The van der Waals surface area contributed by atoms with Gasteiger partial charge in [-0.15, -0.1) is 0 Å². The van der Waals surface area contributed by atoms with Gasteiger partial charge in [0.15, 0.2) is 5.52 Å². The van der Waals surface area contributed by atoms with E-state index in [0.717, 1.165) is 4.57 Å². The molecule has 0 spiro atoms. The van der Waals surface area contributed by atoms with Crippen molar-refractivity contribution in [3.8, 4) is 0 Å². The van der Waals surface area contributed by atoms with Crippen molar-refractivity contribution in [1.29, 1.82) is 0 Å². The molecule has 0 unspecified atom stereocenters. The van der Waals surface area contributed by atoms with Crippen LogP contribution in [0.2, 0.25) is 0 Å². The molecule has 11 nitrogen and oxygen atoms in total. The normalized spacial score (nSPS) is 10.7. The van der Waals surface area contributed by atoms with Crippen molar-refractivity contribution < 1.29 is 14.7 Å². The second kappa shape index (κ2) is 6.25. The Balaban J connectivity index is 2.29. The summed E-state index contributed by atoms with van der Waals surface area (Å²) in [5.41, 5.74) is -2.30. The molecule has 0 aromatic carbocycles. The largest absolute Gasteiger partial charge is 0.480 e. The smallest absolute Gasteiger partial charge is 0.329 e. The topological polar surface area (TPSA) is 167 Å². The highest BCUT2D eigenvalue weighted by molar-refractivity contribution is 5.81. The lowest BCUT2D eigenvalue weighted by atomic mass is 10.2. The van der Waals surface area contributed by atoms with E-state index in [1.165, 1.54) is 7.05 Å². The van der Waals surface area contributed by atoms with Crippen molar-refractivity contribution in [2.75, 3.05) is 6.54 Å². The van der Waals surface area contributed by atoms with Gasteiger partial charge < -0.3 is 15.4 Å². The lowest BCUT2D eigenvalue weighted by Gasteiger charge is -2.05. The van der Waals surface area contributed by atoms with Crippen LogP contribution in [-0.4, -0.2) is 43.0 Å². The van der Waals surface area contributed by atoms with Crippen LogP contribution in [0.1, 0.15) is 12.1 Å². The van der Waals surface area contributed by atoms with Crippen LogP contribution in [0.4, 0.5) is 0 Å². The Morgan fingerprint density at radius 2 is 1.91 bits per heavy atom. The summed E-state index contributed by atoms with van der Waals surface area (Å²) in [7, 11) is 1.36. The van der Waals surface area contributed by atoms with Gasteiger partial charge in [0.1, 0.15) is 17.9 Å². The third kappa shape index (κ3) is 3.51. The van der Waals surface area contributed by atoms with Crippen molar-refractivity contribution >= 4 is 23.0 Å². The maximum Gasteiger partial charge on any atom is 0.329 e. The predicted octanol–water partition coefficient (Wildman–Crippen LogP) is -2.56. The minimum atomic E-state index is -1.19. The molecule has 0 aliphatic carbocycles. The van der Waals surface area contributed by atoms with Crippen LogP contribution in [0.3, 0.4) is 0 Å². The van der Waals surface area contributed by atoms with E-state index < -0.39 is 35.2 Å². The predicted molar refractivity (Wildman–Crippen MR) is 77.2 cm³/mol. The number of nitrogens with zero attached hydrogens (tertiary/aromatic N) is 2. The highest BCUT2D eigenvalue weighted by Gasteiger charge is 2.13. The van der Waals surface area contributed by atoms with Gasteiger partial charge in [-0.3, -0.25) is 28.7 Å². The molecule has 0 radical (unpaired) electrons. The number of aromatic nitrogens is 4. The molecule has 11 heteroatoms. The SMILES string of the molecule is Cn1c(=O)[nH]c(=O)c2nc(CCC(=O)NCC(=O)O)c(=O)[nH]c21. The van der Waals surface area contributed by atoms with Crippen LogP contribution in [0.25, 0.3) is 11.2 Å². The van der Waals surface area contributed by atoms with Gasteiger partial charge in [-0.2, -0.15) is 0 Å². The Morgan fingerprint density at radius 1 is 1.22 bits per heavy atom. The molecule has 4 N–H and O–H groups in total. The fourth-order valence-corrected chi connectivity index (χ4v) is 1.88. The summed E-state index contributed by atoms with van der Waals surface area (Å²) in [6.07, 6.45) is -0.252. The summed E-state index contributed by atoms with van der Waals surface area (Å²) >= 11 is 0. The summed E-state index contributed by atoms with van der Waals surface area (Å²) < 4.78 is 1.04. The first kappa shape index (κ1) is 16.1. The van der Waals surface area contributed by atoms with Crippen molar-refractivity contribution in [2.24, 2.45) is 7.05 Å². The number of amides is 1. The number of aryl methyl sites for hydroxylation is 2. The second-order valence-electron chi connectivity index (χ2n) is 4.70. The minimum Gasteiger partial charge on any atom is -0.480 e. The number of carbonyl (C=O) groups is 2. The van der Waals surface area contributed by atoms with Crippen molar-refractivity contribution in [2.45, 2.75) is 12.8 Å². The van der Waals surface area contributed by atoms with E-state index in [1.54, 1.807) is 0 Å². The zero-order valence-electron chi connectivity index (χ0n) is 12.0. The van der Waals surface area contributed by atoms with Gasteiger partial charge in [0.2, 0.25) is 5.91 Å². The van der Waals surface area contributed by atoms with Gasteiger partial charge in [-0.05, 0) is 0 Å². The molecule has 122 valence electrons. The third-order valence-corrected chi connectivity index (χ3v) is 3.07. The van der Waals surface area contributed by atoms with E-state index >= 15 is 0 Å². The number of aromatic amines is 2. The molecule has 1 amide bonds. The number of carbonyl (C=O) groups excluding carboxylic acids is 1. The zero-order chi connectivity index (χ0) is 17.1. The van der Waals surface area contributed by atoms with E-state index in [2.05, 4.69) is 15.3 Å². The Morgan fingerprint density at radius 3 is 2.57 bits per heavy atom. The maximum absolute atomic E-state index is 11.9. The summed E-state index contributed by atoms with van der Waals surface area (Å²) in [5.74, 6) is -1.75. The van der Waals surface area contributed by atoms with Gasteiger partial charge in [0.25, 0.3) is 11.1 Å². The van der Waals surface area contributed by atoms with Gasteiger partial charge in [0.05, 0.1) is 0 Å². The molecule has 0 saturated carbocycles. The minimum absolute atomic E-state index is 0.0252. The first-order valence-electron chi connectivity index (χ1n) is 6.50. The van der Waals surface area contributed by atoms with Gasteiger partial charge in [-0.1, -0.05) is 0 Å². The Labute approximate surface area is 127 Å². The summed E-state index contributed by atoms with van der Waals surface area (Å²) in [6.45, 7) is -0.526. The average Bonchev–Trinajstić information content (AvgIpc) is 2.49. The second-order valence-corrected chi connectivity index (χ2v) is 4.70. The Hall–Kier alpha value is -3.24. The first-order chi connectivity index (χ1) is 10.8. The summed E-state index contributed by atoms with van der Waals surface area (Å²) in [6, 6.07) is 0. The number of aliphatic carboxylic acids is 1. The van der Waals surface area contributed by atoms with Crippen LogP contribution >= 0.6 is 0 Å². The molecule has 0 aliphatic rings. The molecule has 0 bridgehead atoms. The molecule has 0 aliphatic heterocycles. The van der Waals surface area contributed by atoms with Crippen molar-refractivity contribution in [3.05, 3.63) is 36.9 Å². The number of H-pyrrole nitrogens is 2. The van der Waals surface area contributed by atoms with E-state index in [-0.39, 0.29) is 29.7 Å². The fraction of sp³-hybridized carbons (Fsp3) is 0.333. The fourth-order valence-electron chi connectivity index (χ4n) is 1.88. The monoisotopic (exact) mass is 323 g/mol. The average molecular weight is 323 g/mol. The molecule has 2 rings (SSSR count). The highest BCUT2D eigenvalue weighted by atomic mass is 16.4. The molecule has 2 heterocycles. The lowest BCUT2D eigenvalue weighted by Crippen LogP contribution is -2.33. The molecule has 2 aromatic rings. The van der Waals surface area contributed by atoms with E-state index in [9.17, 15) is 24.0 Å². The number of hydrogen-bond acceptors (Lipinski definition) is 6. The van der Waals surface area contributed by atoms with Crippen LogP contribution < -0.4 is 22.1 Å². The van der Waals surface area contributed by atoms with Gasteiger partial charge >= 0.3 is 11.7 Å². The number of hydrogen-bond donors (Lipinski definition) is 4. The summed E-state index contributed by atoms with van der Waals surface area (Å²) in [5, 5.41) is 10.6. The molecule has 23 heavy (non-hydrogen) atoms. The van der Waals surface area contributed by atoms with Crippen LogP contribution in [0.15, 0.2) is 14.4 Å². The first-order valence-corrected chi connectivity index (χ1v) is 6.50. The van der Waals surface area contributed by atoms with E-state index in [4.69, 9.17) is 5.11 Å². The number of carboxylic acids is 1.